The number of hydrogen-bond donors (Lipinski definition) is 3. The van der Waals surface area contributed by atoms with Crippen molar-refractivity contribution in [1.82, 2.24) is 4.90 Å². The summed E-state index contributed by atoms with van der Waals surface area (Å²) in [7, 11) is 0. The molecule has 1 aliphatic rings. The van der Waals surface area contributed by atoms with Crippen molar-refractivity contribution in [2.75, 3.05) is 35.6 Å². The van der Waals surface area contributed by atoms with Gasteiger partial charge in [0.25, 0.3) is 5.91 Å². The van der Waals surface area contributed by atoms with E-state index in [9.17, 15) is 14.4 Å². The number of piperidine rings is 1. The molecule has 1 heterocycles. The predicted molar refractivity (Wildman–Crippen MR) is 123 cm³/mol. The van der Waals surface area contributed by atoms with Crippen LogP contribution < -0.4 is 16.0 Å². The Morgan fingerprint density at radius 2 is 1.68 bits per heavy atom. The van der Waals surface area contributed by atoms with Gasteiger partial charge in [-0.3, -0.25) is 14.4 Å². The van der Waals surface area contributed by atoms with E-state index >= 15 is 0 Å². The molecule has 0 spiro atoms. The summed E-state index contributed by atoms with van der Waals surface area (Å²) in [5, 5.41) is 8.74. The Balaban J connectivity index is 1.57. The lowest BCUT2D eigenvalue weighted by Gasteiger charge is -2.26. The molecule has 0 radical (unpaired) electrons. The SMILES string of the molecule is CCC(=O)Nc1cc(NC(=O)CNc2cccc(C(=O)N3CCCCC3)c2)ccc1C. The van der Waals surface area contributed by atoms with Crippen molar-refractivity contribution < 1.29 is 14.4 Å². The number of anilines is 3. The van der Waals surface area contributed by atoms with Crippen LogP contribution in [0.1, 0.15) is 48.5 Å². The van der Waals surface area contributed by atoms with Crippen LogP contribution in [0.4, 0.5) is 17.1 Å². The van der Waals surface area contributed by atoms with Crippen LogP contribution in [-0.4, -0.2) is 42.3 Å². The lowest BCUT2D eigenvalue weighted by Crippen LogP contribution is -2.35. The van der Waals surface area contributed by atoms with Crippen LogP contribution in [0.25, 0.3) is 0 Å². The minimum absolute atomic E-state index is 0.0362. The highest BCUT2D eigenvalue weighted by atomic mass is 16.2. The number of rotatable bonds is 7. The van der Waals surface area contributed by atoms with Gasteiger partial charge < -0.3 is 20.9 Å². The van der Waals surface area contributed by atoms with Crippen LogP contribution in [-0.2, 0) is 9.59 Å². The third-order valence-corrected chi connectivity index (χ3v) is 5.32. The van der Waals surface area contributed by atoms with Gasteiger partial charge in [-0.1, -0.05) is 19.1 Å². The van der Waals surface area contributed by atoms with E-state index in [0.717, 1.165) is 37.2 Å². The quantitative estimate of drug-likeness (QED) is 0.629. The van der Waals surface area contributed by atoms with Gasteiger partial charge in [0, 0.05) is 42.1 Å². The number of carbonyl (C=O) groups is 3. The van der Waals surface area contributed by atoms with Crippen LogP contribution in [0.5, 0.6) is 0 Å². The molecule has 7 heteroatoms. The summed E-state index contributed by atoms with van der Waals surface area (Å²) in [6, 6.07) is 12.6. The second-order valence-electron chi connectivity index (χ2n) is 7.77. The van der Waals surface area contributed by atoms with Crippen molar-refractivity contribution in [3.63, 3.8) is 0 Å². The molecule has 0 atom stereocenters. The van der Waals surface area contributed by atoms with E-state index in [-0.39, 0.29) is 24.3 Å². The number of aryl methyl sites for hydroxylation is 1. The summed E-state index contributed by atoms with van der Waals surface area (Å²) in [6.45, 7) is 5.35. The molecule has 3 N–H and O–H groups in total. The number of amides is 3. The summed E-state index contributed by atoms with van der Waals surface area (Å²) in [4.78, 5) is 38.6. The highest BCUT2D eigenvalue weighted by molar-refractivity contribution is 5.97. The first kappa shape index (κ1) is 22.3. The summed E-state index contributed by atoms with van der Waals surface area (Å²) in [6.07, 6.45) is 3.66. The fourth-order valence-corrected chi connectivity index (χ4v) is 3.50. The van der Waals surface area contributed by atoms with E-state index in [1.54, 1.807) is 31.2 Å². The van der Waals surface area contributed by atoms with Gasteiger partial charge in [-0.2, -0.15) is 0 Å². The van der Waals surface area contributed by atoms with E-state index in [1.807, 2.05) is 30.0 Å². The molecule has 1 aliphatic heterocycles. The molecule has 0 bridgehead atoms. The predicted octanol–water partition coefficient (Wildman–Crippen LogP) is 4.02. The smallest absolute Gasteiger partial charge is 0.253 e. The summed E-state index contributed by atoms with van der Waals surface area (Å²) in [5.74, 6) is -0.259. The fraction of sp³-hybridized carbons (Fsp3) is 0.375. The van der Waals surface area contributed by atoms with Gasteiger partial charge in [-0.25, -0.2) is 0 Å². The minimum atomic E-state index is -0.218. The molecule has 3 amide bonds. The number of nitrogens with one attached hydrogen (secondary N) is 3. The zero-order valence-electron chi connectivity index (χ0n) is 18.2. The monoisotopic (exact) mass is 422 g/mol. The Labute approximate surface area is 183 Å². The van der Waals surface area contributed by atoms with E-state index in [2.05, 4.69) is 16.0 Å². The largest absolute Gasteiger partial charge is 0.376 e. The molecule has 31 heavy (non-hydrogen) atoms. The number of likely N-dealkylation sites (tertiary alicyclic amines) is 1. The second kappa shape index (κ2) is 10.6. The van der Waals surface area contributed by atoms with E-state index in [0.29, 0.717) is 23.4 Å². The maximum absolute atomic E-state index is 12.7. The average molecular weight is 423 g/mol. The molecule has 0 aliphatic carbocycles. The molecule has 1 fully saturated rings. The Hall–Kier alpha value is -3.35. The third kappa shape index (κ3) is 6.31. The Kier molecular flexibility index (Phi) is 7.65. The first-order chi connectivity index (χ1) is 15.0. The Morgan fingerprint density at radius 3 is 2.42 bits per heavy atom. The van der Waals surface area contributed by atoms with Crippen molar-refractivity contribution in [3.8, 4) is 0 Å². The van der Waals surface area contributed by atoms with Gasteiger partial charge in [0.15, 0.2) is 0 Å². The number of hydrogen-bond acceptors (Lipinski definition) is 4. The molecular weight excluding hydrogens is 392 g/mol. The van der Waals surface area contributed by atoms with Crippen molar-refractivity contribution in [3.05, 3.63) is 53.6 Å². The lowest BCUT2D eigenvalue weighted by molar-refractivity contribution is -0.116. The Bertz CT molecular complexity index is 952. The van der Waals surface area contributed by atoms with Crippen LogP contribution >= 0.6 is 0 Å². The van der Waals surface area contributed by atoms with E-state index < -0.39 is 0 Å². The minimum Gasteiger partial charge on any atom is -0.376 e. The maximum Gasteiger partial charge on any atom is 0.253 e. The van der Waals surface area contributed by atoms with Crippen LogP contribution in [0.15, 0.2) is 42.5 Å². The highest BCUT2D eigenvalue weighted by Crippen LogP contribution is 2.21. The molecule has 0 saturated carbocycles. The molecule has 3 rings (SSSR count). The lowest BCUT2D eigenvalue weighted by atomic mass is 10.1. The van der Waals surface area contributed by atoms with Crippen molar-refractivity contribution >= 4 is 34.8 Å². The standard InChI is InChI=1S/C24H30N4O3/c1-3-22(29)27-21-15-20(11-10-17(21)2)26-23(30)16-25-19-9-7-8-18(14-19)24(31)28-12-5-4-6-13-28/h7-11,14-15,25H,3-6,12-13,16H2,1-2H3,(H,26,30)(H,27,29). The zero-order valence-corrected chi connectivity index (χ0v) is 18.2. The normalized spacial score (nSPS) is 13.4. The molecule has 164 valence electrons. The molecule has 2 aromatic carbocycles. The topological polar surface area (TPSA) is 90.5 Å². The summed E-state index contributed by atoms with van der Waals surface area (Å²) in [5.41, 5.74) is 3.56. The van der Waals surface area contributed by atoms with Gasteiger partial charge in [0.1, 0.15) is 0 Å². The van der Waals surface area contributed by atoms with Crippen LogP contribution in [0, 0.1) is 6.92 Å². The van der Waals surface area contributed by atoms with Crippen molar-refractivity contribution in [2.24, 2.45) is 0 Å². The first-order valence-corrected chi connectivity index (χ1v) is 10.8. The maximum atomic E-state index is 12.7. The molecule has 1 saturated heterocycles. The van der Waals surface area contributed by atoms with Gasteiger partial charge in [-0.05, 0) is 62.1 Å². The number of carbonyl (C=O) groups excluding carboxylic acids is 3. The van der Waals surface area contributed by atoms with Gasteiger partial charge in [0.2, 0.25) is 11.8 Å². The first-order valence-electron chi connectivity index (χ1n) is 10.8. The van der Waals surface area contributed by atoms with Gasteiger partial charge in [0.05, 0.1) is 6.54 Å². The van der Waals surface area contributed by atoms with Crippen molar-refractivity contribution in [1.29, 1.82) is 0 Å². The summed E-state index contributed by atoms with van der Waals surface area (Å²) >= 11 is 0. The number of benzene rings is 2. The molecule has 2 aromatic rings. The van der Waals surface area contributed by atoms with Crippen LogP contribution in [0.3, 0.4) is 0 Å². The number of nitrogens with zero attached hydrogens (tertiary/aromatic N) is 1. The average Bonchev–Trinajstić information content (AvgIpc) is 2.80. The van der Waals surface area contributed by atoms with Gasteiger partial charge in [-0.15, -0.1) is 0 Å². The molecule has 0 aromatic heterocycles. The van der Waals surface area contributed by atoms with Crippen molar-refractivity contribution in [2.45, 2.75) is 39.5 Å². The van der Waals surface area contributed by atoms with Crippen LogP contribution in [0.2, 0.25) is 0 Å². The van der Waals surface area contributed by atoms with Gasteiger partial charge >= 0.3 is 0 Å². The Morgan fingerprint density at radius 1 is 0.903 bits per heavy atom. The van der Waals surface area contributed by atoms with E-state index in [1.165, 1.54) is 6.42 Å². The molecule has 0 unspecified atom stereocenters. The second-order valence-corrected chi connectivity index (χ2v) is 7.77. The fourth-order valence-electron chi connectivity index (χ4n) is 3.50. The highest BCUT2D eigenvalue weighted by Gasteiger charge is 2.18. The molecular formula is C24H30N4O3. The molecule has 7 nitrogen and oxygen atoms in total. The van der Waals surface area contributed by atoms with E-state index in [4.69, 9.17) is 0 Å². The summed E-state index contributed by atoms with van der Waals surface area (Å²) < 4.78 is 0. The third-order valence-electron chi connectivity index (χ3n) is 5.32. The zero-order chi connectivity index (χ0) is 22.2.